The van der Waals surface area contributed by atoms with Gasteiger partial charge in [0.1, 0.15) is 0 Å². The van der Waals surface area contributed by atoms with Crippen LogP contribution in [0.4, 0.5) is 0 Å². The number of likely N-dealkylation sites (N-methyl/N-ethyl adjacent to an activating group) is 1. The number of piperidine rings is 1. The van der Waals surface area contributed by atoms with Crippen molar-refractivity contribution in [1.29, 1.82) is 0 Å². The molecule has 2 fully saturated rings. The van der Waals surface area contributed by atoms with E-state index in [4.69, 9.17) is 4.99 Å². The summed E-state index contributed by atoms with van der Waals surface area (Å²) in [7, 11) is 2.24. The number of guanidine groups is 1. The van der Waals surface area contributed by atoms with Crippen LogP contribution in [0.2, 0.25) is 0 Å². The lowest BCUT2D eigenvalue weighted by Gasteiger charge is -2.38. The quantitative estimate of drug-likeness (QED) is 0.316. The fraction of sp³-hybridized carbons (Fsp3) is 0.696. The van der Waals surface area contributed by atoms with Crippen molar-refractivity contribution in [1.82, 2.24) is 20.4 Å². The van der Waals surface area contributed by atoms with Crippen molar-refractivity contribution in [2.45, 2.75) is 77.2 Å². The Morgan fingerprint density at radius 2 is 1.97 bits per heavy atom. The van der Waals surface area contributed by atoms with Crippen LogP contribution in [-0.2, 0) is 6.54 Å². The summed E-state index contributed by atoms with van der Waals surface area (Å²) in [6, 6.07) is 13.2. The minimum atomic E-state index is 0. The summed E-state index contributed by atoms with van der Waals surface area (Å²) >= 11 is 0. The van der Waals surface area contributed by atoms with E-state index >= 15 is 0 Å². The lowest BCUT2D eigenvalue weighted by atomic mass is 9.97. The maximum absolute atomic E-state index is 4.89. The van der Waals surface area contributed by atoms with Gasteiger partial charge in [-0.2, -0.15) is 0 Å². The highest BCUT2D eigenvalue weighted by Crippen LogP contribution is 2.27. The Kier molecular flexibility index (Phi) is 10.2. The Labute approximate surface area is 194 Å². The normalized spacial score (nSPS) is 24.1. The smallest absolute Gasteiger partial charge is 0.191 e. The van der Waals surface area contributed by atoms with E-state index in [1.807, 2.05) is 0 Å². The highest BCUT2D eigenvalue weighted by Gasteiger charge is 2.29. The Balaban J connectivity index is 0.00000300. The first-order chi connectivity index (χ1) is 13.6. The van der Waals surface area contributed by atoms with Gasteiger partial charge in [-0.25, -0.2) is 0 Å². The van der Waals surface area contributed by atoms with Crippen LogP contribution in [0.3, 0.4) is 0 Å². The molecule has 2 aliphatic rings. The highest BCUT2D eigenvalue weighted by atomic mass is 127. The van der Waals surface area contributed by atoms with Gasteiger partial charge >= 0.3 is 0 Å². The fourth-order valence-electron chi connectivity index (χ4n) is 4.11. The number of likely N-dealkylation sites (tertiary alicyclic amines) is 1. The number of benzene rings is 1. The van der Waals surface area contributed by atoms with Gasteiger partial charge in [-0.05, 0) is 59.1 Å². The first-order valence-corrected chi connectivity index (χ1v) is 11.1. The monoisotopic (exact) mass is 513 g/mol. The zero-order chi connectivity index (χ0) is 19.9. The Hall–Kier alpha value is -0.860. The Morgan fingerprint density at radius 3 is 2.59 bits per heavy atom. The number of halogens is 1. The predicted molar refractivity (Wildman–Crippen MR) is 134 cm³/mol. The van der Waals surface area contributed by atoms with Crippen LogP contribution in [0.1, 0.15) is 52.0 Å². The van der Waals surface area contributed by atoms with E-state index in [0.717, 1.165) is 44.6 Å². The number of rotatable bonds is 8. The SMILES string of the molecule is CCNC(=NCC(C)N(C)C1CC1)NC1CCN(Cc2ccccc2)C(C)C1.I. The summed E-state index contributed by atoms with van der Waals surface area (Å²) in [6.07, 6.45) is 5.03. The van der Waals surface area contributed by atoms with E-state index in [9.17, 15) is 0 Å². The molecule has 3 atom stereocenters. The van der Waals surface area contributed by atoms with E-state index in [0.29, 0.717) is 18.1 Å². The molecule has 3 unspecified atom stereocenters. The molecular weight excluding hydrogens is 473 g/mol. The molecule has 1 aliphatic heterocycles. The molecule has 29 heavy (non-hydrogen) atoms. The maximum atomic E-state index is 4.89. The van der Waals surface area contributed by atoms with Gasteiger partial charge in [0.2, 0.25) is 0 Å². The molecule has 1 saturated heterocycles. The number of hydrogen-bond donors (Lipinski definition) is 2. The number of aliphatic imine (C=N–C) groups is 1. The number of nitrogens with zero attached hydrogens (tertiary/aromatic N) is 3. The third kappa shape index (κ3) is 7.72. The molecule has 2 N–H and O–H groups in total. The Morgan fingerprint density at radius 1 is 1.24 bits per heavy atom. The van der Waals surface area contributed by atoms with E-state index in [2.05, 4.69) is 78.6 Å². The van der Waals surface area contributed by atoms with Crippen LogP contribution in [-0.4, -0.2) is 66.6 Å². The third-order valence-electron chi connectivity index (χ3n) is 6.26. The van der Waals surface area contributed by atoms with E-state index < -0.39 is 0 Å². The van der Waals surface area contributed by atoms with Gasteiger partial charge in [0.25, 0.3) is 0 Å². The summed E-state index contributed by atoms with van der Waals surface area (Å²) in [6.45, 7) is 10.7. The largest absolute Gasteiger partial charge is 0.357 e. The van der Waals surface area contributed by atoms with Gasteiger partial charge in [-0.1, -0.05) is 30.3 Å². The van der Waals surface area contributed by atoms with Gasteiger partial charge in [0.15, 0.2) is 5.96 Å². The molecule has 0 bridgehead atoms. The lowest BCUT2D eigenvalue weighted by molar-refractivity contribution is 0.134. The predicted octanol–water partition coefficient (Wildman–Crippen LogP) is 3.70. The number of nitrogens with one attached hydrogen (secondary N) is 2. The third-order valence-corrected chi connectivity index (χ3v) is 6.26. The van der Waals surface area contributed by atoms with Gasteiger partial charge < -0.3 is 10.6 Å². The van der Waals surface area contributed by atoms with Crippen molar-refractivity contribution >= 4 is 29.9 Å². The minimum Gasteiger partial charge on any atom is -0.357 e. The van der Waals surface area contributed by atoms with Crippen LogP contribution in [0.5, 0.6) is 0 Å². The van der Waals surface area contributed by atoms with Crippen molar-refractivity contribution in [2.75, 3.05) is 26.7 Å². The van der Waals surface area contributed by atoms with Gasteiger partial charge in [0.05, 0.1) is 6.54 Å². The van der Waals surface area contributed by atoms with E-state index in [1.54, 1.807) is 0 Å². The summed E-state index contributed by atoms with van der Waals surface area (Å²) in [5.41, 5.74) is 1.41. The molecule has 5 nitrogen and oxygen atoms in total. The summed E-state index contributed by atoms with van der Waals surface area (Å²) < 4.78 is 0. The molecule has 1 aliphatic carbocycles. The first kappa shape index (κ1) is 24.4. The summed E-state index contributed by atoms with van der Waals surface area (Å²) in [5, 5.41) is 7.15. The van der Waals surface area contributed by atoms with Crippen LogP contribution >= 0.6 is 24.0 Å². The molecule has 3 rings (SSSR count). The molecular formula is C23H40IN5. The zero-order valence-corrected chi connectivity index (χ0v) is 20.9. The van der Waals surface area contributed by atoms with E-state index in [-0.39, 0.29) is 24.0 Å². The second-order valence-corrected chi connectivity index (χ2v) is 8.64. The maximum Gasteiger partial charge on any atom is 0.191 e. The molecule has 1 aromatic carbocycles. The second kappa shape index (κ2) is 12.1. The van der Waals surface area contributed by atoms with E-state index in [1.165, 1.54) is 24.8 Å². The van der Waals surface area contributed by atoms with Gasteiger partial charge in [-0.3, -0.25) is 14.8 Å². The molecule has 1 heterocycles. The molecule has 6 heteroatoms. The van der Waals surface area contributed by atoms with Crippen molar-refractivity contribution < 1.29 is 0 Å². The number of hydrogen-bond acceptors (Lipinski definition) is 3. The summed E-state index contributed by atoms with van der Waals surface area (Å²) in [5.74, 6) is 0.979. The summed E-state index contributed by atoms with van der Waals surface area (Å²) in [4.78, 5) is 9.97. The highest BCUT2D eigenvalue weighted by molar-refractivity contribution is 14.0. The minimum absolute atomic E-state index is 0. The van der Waals surface area contributed by atoms with Crippen molar-refractivity contribution in [3.63, 3.8) is 0 Å². The van der Waals surface area contributed by atoms with Crippen molar-refractivity contribution in [3.8, 4) is 0 Å². The topological polar surface area (TPSA) is 42.9 Å². The molecule has 1 aromatic rings. The molecule has 0 aromatic heterocycles. The van der Waals surface area contributed by atoms with Gasteiger partial charge in [0, 0.05) is 43.8 Å². The molecule has 0 amide bonds. The van der Waals surface area contributed by atoms with Gasteiger partial charge in [-0.15, -0.1) is 24.0 Å². The zero-order valence-electron chi connectivity index (χ0n) is 18.6. The average molecular weight is 514 g/mol. The standard InChI is InChI=1S/C23H39N5.HI/c1-5-24-23(25-16-19(3)27(4)22-11-12-22)26-21-13-14-28(18(2)15-21)17-20-9-7-6-8-10-20;/h6-10,18-19,21-22H,5,11-17H2,1-4H3,(H2,24,25,26);1H. The molecule has 1 saturated carbocycles. The lowest BCUT2D eigenvalue weighted by Crippen LogP contribution is -2.51. The van der Waals surface area contributed by atoms with Crippen LogP contribution in [0.25, 0.3) is 0 Å². The van der Waals surface area contributed by atoms with Crippen LogP contribution in [0, 0.1) is 0 Å². The molecule has 164 valence electrons. The first-order valence-electron chi connectivity index (χ1n) is 11.1. The van der Waals surface area contributed by atoms with Crippen LogP contribution < -0.4 is 10.6 Å². The fourth-order valence-corrected chi connectivity index (χ4v) is 4.11. The Bertz CT molecular complexity index is 619. The second-order valence-electron chi connectivity index (χ2n) is 8.64. The van der Waals surface area contributed by atoms with Crippen molar-refractivity contribution in [3.05, 3.63) is 35.9 Å². The molecule has 0 radical (unpaired) electrons. The average Bonchev–Trinajstić information content (AvgIpc) is 3.53. The van der Waals surface area contributed by atoms with Crippen molar-refractivity contribution in [2.24, 2.45) is 4.99 Å². The molecule has 0 spiro atoms. The van der Waals surface area contributed by atoms with Crippen LogP contribution in [0.15, 0.2) is 35.3 Å².